The van der Waals surface area contributed by atoms with Crippen LogP contribution in [0.2, 0.25) is 0 Å². The van der Waals surface area contributed by atoms with E-state index in [1.165, 1.54) is 0 Å². The van der Waals surface area contributed by atoms with Gasteiger partial charge < -0.3 is 10.6 Å². The molecular formula is C15H22N4. The van der Waals surface area contributed by atoms with Gasteiger partial charge in [-0.2, -0.15) is 5.26 Å². The second kappa shape index (κ2) is 5.58. The summed E-state index contributed by atoms with van der Waals surface area (Å²) in [4.78, 5) is 4.47. The topological polar surface area (TPSA) is 60.7 Å². The fraction of sp³-hybridized carbons (Fsp3) is 0.600. The molecule has 4 nitrogen and oxygen atoms in total. The molecule has 102 valence electrons. The Balaban J connectivity index is 2.13. The molecule has 1 aliphatic rings. The first kappa shape index (κ1) is 13.8. The molecule has 1 saturated heterocycles. The molecule has 0 radical (unpaired) electrons. The van der Waals surface area contributed by atoms with Crippen molar-refractivity contribution in [1.29, 1.82) is 5.26 Å². The van der Waals surface area contributed by atoms with Gasteiger partial charge in [0.25, 0.3) is 0 Å². The number of pyridine rings is 1. The maximum atomic E-state index is 9.25. The number of rotatable bonds is 3. The zero-order valence-electron chi connectivity index (χ0n) is 12.0. The van der Waals surface area contributed by atoms with E-state index in [1.807, 2.05) is 19.9 Å². The molecular weight excluding hydrogens is 236 g/mol. The zero-order valence-corrected chi connectivity index (χ0v) is 12.0. The van der Waals surface area contributed by atoms with Crippen molar-refractivity contribution in [1.82, 2.24) is 10.3 Å². The van der Waals surface area contributed by atoms with Gasteiger partial charge in [-0.15, -0.1) is 0 Å². The molecule has 0 amide bonds. The van der Waals surface area contributed by atoms with E-state index in [2.05, 4.69) is 28.6 Å². The van der Waals surface area contributed by atoms with E-state index in [0.717, 1.165) is 49.6 Å². The number of nitrogens with one attached hydrogen (secondary N) is 2. The predicted molar refractivity (Wildman–Crippen MR) is 77.1 cm³/mol. The van der Waals surface area contributed by atoms with Gasteiger partial charge >= 0.3 is 0 Å². The van der Waals surface area contributed by atoms with E-state index in [0.29, 0.717) is 5.56 Å². The molecule has 2 N–H and O–H groups in total. The lowest BCUT2D eigenvalue weighted by Gasteiger charge is -2.34. The summed E-state index contributed by atoms with van der Waals surface area (Å²) in [6, 6.07) is 4.21. The van der Waals surface area contributed by atoms with E-state index < -0.39 is 0 Å². The van der Waals surface area contributed by atoms with Crippen LogP contribution in [0.5, 0.6) is 0 Å². The summed E-state index contributed by atoms with van der Waals surface area (Å²) in [5, 5.41) is 16.0. The third-order valence-corrected chi connectivity index (χ3v) is 3.95. The molecule has 1 aromatic heterocycles. The Morgan fingerprint density at radius 2 is 2.11 bits per heavy atom. The van der Waals surface area contributed by atoms with E-state index >= 15 is 0 Å². The Labute approximate surface area is 115 Å². The average Bonchev–Trinajstić information content (AvgIpc) is 2.37. The van der Waals surface area contributed by atoms with E-state index in [1.54, 1.807) is 0 Å². The van der Waals surface area contributed by atoms with Crippen LogP contribution in [0.4, 0.5) is 5.82 Å². The zero-order chi connectivity index (χ0) is 13.9. The van der Waals surface area contributed by atoms with Gasteiger partial charge in [-0.1, -0.05) is 6.92 Å². The summed E-state index contributed by atoms with van der Waals surface area (Å²) in [5.41, 5.74) is 2.91. The van der Waals surface area contributed by atoms with Crippen LogP contribution in [-0.2, 0) is 0 Å². The Kier molecular flexibility index (Phi) is 4.06. The summed E-state index contributed by atoms with van der Waals surface area (Å²) in [6.07, 6.45) is 2.32. The molecule has 2 rings (SSSR count). The summed E-state index contributed by atoms with van der Waals surface area (Å²) >= 11 is 0. The third-order valence-electron chi connectivity index (χ3n) is 3.95. The van der Waals surface area contributed by atoms with Crippen molar-refractivity contribution in [3.05, 3.63) is 22.9 Å². The number of anilines is 1. The van der Waals surface area contributed by atoms with Crippen molar-refractivity contribution >= 4 is 5.82 Å². The predicted octanol–water partition coefficient (Wildman–Crippen LogP) is 2.37. The van der Waals surface area contributed by atoms with Crippen molar-refractivity contribution in [2.45, 2.75) is 33.6 Å². The van der Waals surface area contributed by atoms with Gasteiger partial charge in [0.2, 0.25) is 0 Å². The van der Waals surface area contributed by atoms with Crippen molar-refractivity contribution < 1.29 is 0 Å². The lowest BCUT2D eigenvalue weighted by molar-refractivity contribution is 0.247. The molecule has 0 aromatic carbocycles. The first-order chi connectivity index (χ1) is 9.04. The van der Waals surface area contributed by atoms with Crippen LogP contribution in [0.3, 0.4) is 0 Å². The van der Waals surface area contributed by atoms with Crippen molar-refractivity contribution in [3.63, 3.8) is 0 Å². The molecule has 1 fully saturated rings. The van der Waals surface area contributed by atoms with Crippen LogP contribution < -0.4 is 10.6 Å². The van der Waals surface area contributed by atoms with Crippen LogP contribution in [0.25, 0.3) is 0 Å². The maximum absolute atomic E-state index is 9.25. The SMILES string of the molecule is Cc1cc(C)c(C#N)c(NCC2(C)CCNCC2)n1. The van der Waals surface area contributed by atoms with Gasteiger partial charge in [-0.3, -0.25) is 0 Å². The quantitative estimate of drug-likeness (QED) is 0.874. The molecule has 2 heterocycles. The van der Waals surface area contributed by atoms with Crippen LogP contribution in [0, 0.1) is 30.6 Å². The van der Waals surface area contributed by atoms with Crippen molar-refractivity contribution in [3.8, 4) is 6.07 Å². The number of aromatic nitrogens is 1. The van der Waals surface area contributed by atoms with Gasteiger partial charge in [0.15, 0.2) is 0 Å². The number of nitrogens with zero attached hydrogens (tertiary/aromatic N) is 2. The monoisotopic (exact) mass is 258 g/mol. The van der Waals surface area contributed by atoms with Gasteiger partial charge in [0, 0.05) is 12.2 Å². The van der Waals surface area contributed by atoms with Crippen LogP contribution in [-0.4, -0.2) is 24.6 Å². The summed E-state index contributed by atoms with van der Waals surface area (Å²) in [5.74, 6) is 0.736. The molecule has 0 saturated carbocycles. The van der Waals surface area contributed by atoms with Crippen molar-refractivity contribution in [2.24, 2.45) is 5.41 Å². The molecule has 0 bridgehead atoms. The van der Waals surface area contributed by atoms with E-state index in [9.17, 15) is 5.26 Å². The largest absolute Gasteiger partial charge is 0.368 e. The lowest BCUT2D eigenvalue weighted by Crippen LogP contribution is -2.39. The van der Waals surface area contributed by atoms with Gasteiger partial charge in [0.05, 0.1) is 5.56 Å². The molecule has 0 spiro atoms. The normalized spacial score (nSPS) is 17.8. The molecule has 1 aromatic rings. The van der Waals surface area contributed by atoms with Gasteiger partial charge in [-0.05, 0) is 56.8 Å². The fourth-order valence-corrected chi connectivity index (χ4v) is 2.61. The number of nitriles is 1. The highest BCUT2D eigenvalue weighted by atomic mass is 15.0. The van der Waals surface area contributed by atoms with Crippen LogP contribution in [0.15, 0.2) is 6.07 Å². The first-order valence-corrected chi connectivity index (χ1v) is 6.87. The lowest BCUT2D eigenvalue weighted by atomic mass is 9.81. The van der Waals surface area contributed by atoms with Gasteiger partial charge in [0.1, 0.15) is 11.9 Å². The Bertz CT molecular complexity index is 496. The first-order valence-electron chi connectivity index (χ1n) is 6.87. The minimum absolute atomic E-state index is 0.289. The number of piperidine rings is 1. The average molecular weight is 258 g/mol. The second-order valence-electron chi connectivity index (χ2n) is 5.83. The summed E-state index contributed by atoms with van der Waals surface area (Å²) in [7, 11) is 0. The smallest absolute Gasteiger partial charge is 0.144 e. The molecule has 0 aliphatic carbocycles. The van der Waals surface area contributed by atoms with E-state index in [-0.39, 0.29) is 5.41 Å². The fourth-order valence-electron chi connectivity index (χ4n) is 2.61. The maximum Gasteiger partial charge on any atom is 0.144 e. The third kappa shape index (κ3) is 3.24. The Morgan fingerprint density at radius 1 is 1.42 bits per heavy atom. The standard InChI is InChI=1S/C15H22N4/c1-11-8-12(2)19-14(13(11)9-16)18-10-15(3)4-6-17-7-5-15/h8,17H,4-7,10H2,1-3H3,(H,18,19). The molecule has 0 atom stereocenters. The van der Waals surface area contributed by atoms with Crippen molar-refractivity contribution in [2.75, 3.05) is 25.0 Å². The van der Waals surface area contributed by atoms with Crippen LogP contribution in [0.1, 0.15) is 36.6 Å². The Hall–Kier alpha value is -1.60. The molecule has 0 unspecified atom stereocenters. The number of hydrogen-bond donors (Lipinski definition) is 2. The van der Waals surface area contributed by atoms with E-state index in [4.69, 9.17) is 0 Å². The van der Waals surface area contributed by atoms with Gasteiger partial charge in [-0.25, -0.2) is 4.98 Å². The summed E-state index contributed by atoms with van der Waals surface area (Å²) in [6.45, 7) is 9.25. The molecule has 19 heavy (non-hydrogen) atoms. The Morgan fingerprint density at radius 3 is 2.74 bits per heavy atom. The molecule has 4 heteroatoms. The minimum atomic E-state index is 0.289. The second-order valence-corrected chi connectivity index (χ2v) is 5.83. The highest BCUT2D eigenvalue weighted by Gasteiger charge is 2.26. The highest BCUT2D eigenvalue weighted by molar-refractivity contribution is 5.56. The minimum Gasteiger partial charge on any atom is -0.368 e. The molecule has 1 aliphatic heterocycles. The number of hydrogen-bond acceptors (Lipinski definition) is 4. The van der Waals surface area contributed by atoms with Crippen LogP contribution >= 0.6 is 0 Å². The number of aryl methyl sites for hydroxylation is 2. The summed E-state index contributed by atoms with van der Waals surface area (Å²) < 4.78 is 0. The highest BCUT2D eigenvalue weighted by Crippen LogP contribution is 2.28.